The van der Waals surface area contributed by atoms with Gasteiger partial charge in [-0.15, -0.1) is 12.4 Å². The van der Waals surface area contributed by atoms with Crippen molar-refractivity contribution < 1.29 is 8.42 Å². The van der Waals surface area contributed by atoms with Gasteiger partial charge in [-0.25, -0.2) is 13.1 Å². The van der Waals surface area contributed by atoms with Crippen molar-refractivity contribution in [2.45, 2.75) is 56.5 Å². The molecule has 0 radical (unpaired) electrons. The van der Waals surface area contributed by atoms with Crippen LogP contribution in [0, 0.1) is 13.8 Å². The van der Waals surface area contributed by atoms with E-state index in [1.54, 1.807) is 12.1 Å². The molecule has 0 heterocycles. The predicted molar refractivity (Wildman–Crippen MR) is 83.7 cm³/mol. The highest BCUT2D eigenvalue weighted by Gasteiger charge is 2.24. The van der Waals surface area contributed by atoms with Crippen LogP contribution in [0.1, 0.15) is 36.8 Å². The summed E-state index contributed by atoms with van der Waals surface area (Å²) < 4.78 is 27.4. The molecule has 0 aromatic heterocycles. The van der Waals surface area contributed by atoms with E-state index >= 15 is 0 Å². The minimum Gasteiger partial charge on any atom is -0.328 e. The number of aryl methyl sites for hydroxylation is 2. The van der Waals surface area contributed by atoms with Crippen LogP contribution in [0.4, 0.5) is 0 Å². The third-order valence-electron chi connectivity index (χ3n) is 3.88. The molecule has 0 unspecified atom stereocenters. The summed E-state index contributed by atoms with van der Waals surface area (Å²) >= 11 is 0. The fourth-order valence-corrected chi connectivity index (χ4v) is 3.80. The van der Waals surface area contributed by atoms with Crippen molar-refractivity contribution in [3.63, 3.8) is 0 Å². The van der Waals surface area contributed by atoms with Crippen molar-refractivity contribution in [1.29, 1.82) is 0 Å². The molecule has 0 atom stereocenters. The van der Waals surface area contributed by atoms with Gasteiger partial charge in [-0.2, -0.15) is 0 Å². The Hall–Kier alpha value is -0.620. The van der Waals surface area contributed by atoms with E-state index < -0.39 is 10.0 Å². The van der Waals surface area contributed by atoms with Gasteiger partial charge in [0.25, 0.3) is 0 Å². The molecule has 0 bridgehead atoms. The third kappa shape index (κ3) is 4.19. The van der Waals surface area contributed by atoms with Crippen molar-refractivity contribution in [3.05, 3.63) is 29.3 Å². The van der Waals surface area contributed by atoms with Gasteiger partial charge in [0, 0.05) is 12.1 Å². The lowest BCUT2D eigenvalue weighted by molar-refractivity contribution is 0.373. The number of hydrogen-bond donors (Lipinski definition) is 2. The highest BCUT2D eigenvalue weighted by molar-refractivity contribution is 7.89. The largest absolute Gasteiger partial charge is 0.328 e. The molecule has 1 saturated carbocycles. The van der Waals surface area contributed by atoms with Gasteiger partial charge in [0.05, 0.1) is 4.90 Å². The molecule has 0 aliphatic heterocycles. The maximum atomic E-state index is 12.3. The number of rotatable bonds is 3. The van der Waals surface area contributed by atoms with Crippen molar-refractivity contribution in [3.8, 4) is 0 Å². The summed E-state index contributed by atoms with van der Waals surface area (Å²) in [5.41, 5.74) is 7.92. The number of benzene rings is 1. The molecular formula is C14H23ClN2O2S. The zero-order chi connectivity index (χ0) is 14.0. The van der Waals surface area contributed by atoms with E-state index in [1.807, 2.05) is 19.9 Å². The first kappa shape index (κ1) is 17.4. The predicted octanol–water partition coefficient (Wildman–Crippen LogP) is 2.27. The second-order valence-electron chi connectivity index (χ2n) is 5.48. The van der Waals surface area contributed by atoms with E-state index in [1.165, 1.54) is 0 Å². The Morgan fingerprint density at radius 1 is 1.10 bits per heavy atom. The second-order valence-corrected chi connectivity index (χ2v) is 7.19. The minimum atomic E-state index is -3.41. The Kier molecular flexibility index (Phi) is 6.01. The van der Waals surface area contributed by atoms with Gasteiger partial charge in [0.1, 0.15) is 0 Å². The SMILES string of the molecule is Cc1ccc(S(=O)(=O)NC2CCC(N)CC2)cc1C.Cl. The smallest absolute Gasteiger partial charge is 0.240 e. The molecule has 1 fully saturated rings. The summed E-state index contributed by atoms with van der Waals surface area (Å²) in [7, 11) is -3.41. The zero-order valence-corrected chi connectivity index (χ0v) is 13.6. The Morgan fingerprint density at radius 3 is 2.25 bits per heavy atom. The first-order chi connectivity index (χ1) is 8.88. The first-order valence-electron chi connectivity index (χ1n) is 6.73. The fraction of sp³-hybridized carbons (Fsp3) is 0.571. The van der Waals surface area contributed by atoms with Gasteiger partial charge in [0.2, 0.25) is 10.0 Å². The Balaban J connectivity index is 0.00000200. The van der Waals surface area contributed by atoms with Gasteiger partial charge >= 0.3 is 0 Å². The lowest BCUT2D eigenvalue weighted by Crippen LogP contribution is -2.40. The molecule has 20 heavy (non-hydrogen) atoms. The summed E-state index contributed by atoms with van der Waals surface area (Å²) in [6, 6.07) is 5.49. The summed E-state index contributed by atoms with van der Waals surface area (Å²) in [5, 5.41) is 0. The average molecular weight is 319 g/mol. The normalized spacial score (nSPS) is 23.1. The number of hydrogen-bond acceptors (Lipinski definition) is 3. The van der Waals surface area contributed by atoms with Crippen LogP contribution in [0.3, 0.4) is 0 Å². The van der Waals surface area contributed by atoms with E-state index in [9.17, 15) is 8.42 Å². The highest BCUT2D eigenvalue weighted by atomic mass is 35.5. The summed E-state index contributed by atoms with van der Waals surface area (Å²) in [6.45, 7) is 3.90. The van der Waals surface area contributed by atoms with Crippen molar-refractivity contribution in [1.82, 2.24) is 4.72 Å². The van der Waals surface area contributed by atoms with Crippen LogP contribution in [0.5, 0.6) is 0 Å². The van der Waals surface area contributed by atoms with Crippen molar-refractivity contribution >= 4 is 22.4 Å². The average Bonchev–Trinajstić information content (AvgIpc) is 2.35. The molecule has 2 rings (SSSR count). The topological polar surface area (TPSA) is 72.2 Å². The minimum absolute atomic E-state index is 0. The number of nitrogens with one attached hydrogen (secondary N) is 1. The fourth-order valence-electron chi connectivity index (χ4n) is 2.41. The van der Waals surface area contributed by atoms with Crippen LogP contribution >= 0.6 is 12.4 Å². The van der Waals surface area contributed by atoms with E-state index in [0.29, 0.717) is 4.90 Å². The van der Waals surface area contributed by atoms with Crippen LogP contribution in [-0.2, 0) is 10.0 Å². The molecule has 0 spiro atoms. The van der Waals surface area contributed by atoms with E-state index in [0.717, 1.165) is 36.8 Å². The molecule has 1 aromatic rings. The summed E-state index contributed by atoms with van der Waals surface area (Å²) in [5.74, 6) is 0. The number of sulfonamides is 1. The molecule has 3 N–H and O–H groups in total. The van der Waals surface area contributed by atoms with Gasteiger partial charge in [0.15, 0.2) is 0 Å². The maximum absolute atomic E-state index is 12.3. The van der Waals surface area contributed by atoms with Gasteiger partial charge in [-0.1, -0.05) is 6.07 Å². The molecule has 1 aliphatic rings. The lowest BCUT2D eigenvalue weighted by Gasteiger charge is -2.26. The molecule has 1 aliphatic carbocycles. The number of nitrogens with two attached hydrogens (primary N) is 1. The van der Waals surface area contributed by atoms with E-state index in [2.05, 4.69) is 4.72 Å². The maximum Gasteiger partial charge on any atom is 0.240 e. The molecular weight excluding hydrogens is 296 g/mol. The Bertz CT molecular complexity index is 552. The van der Waals surface area contributed by atoms with Gasteiger partial charge < -0.3 is 5.73 Å². The Morgan fingerprint density at radius 2 is 1.70 bits per heavy atom. The van der Waals surface area contributed by atoms with Crippen LogP contribution in [-0.4, -0.2) is 20.5 Å². The van der Waals surface area contributed by atoms with Crippen LogP contribution in [0.15, 0.2) is 23.1 Å². The first-order valence-corrected chi connectivity index (χ1v) is 8.22. The number of halogens is 1. The molecule has 6 heteroatoms. The molecule has 0 saturated heterocycles. The lowest BCUT2D eigenvalue weighted by atomic mass is 9.93. The van der Waals surface area contributed by atoms with Crippen LogP contribution in [0.2, 0.25) is 0 Å². The summed E-state index contributed by atoms with van der Waals surface area (Å²) in [6.07, 6.45) is 3.43. The van der Waals surface area contributed by atoms with E-state index in [-0.39, 0.29) is 24.5 Å². The monoisotopic (exact) mass is 318 g/mol. The van der Waals surface area contributed by atoms with Gasteiger partial charge in [-0.05, 0) is 62.8 Å². The molecule has 114 valence electrons. The standard InChI is InChI=1S/C14H22N2O2S.ClH/c1-10-3-8-14(9-11(10)2)19(17,18)16-13-6-4-12(15)5-7-13;/h3,8-9,12-13,16H,4-7,15H2,1-2H3;1H. The zero-order valence-electron chi connectivity index (χ0n) is 11.9. The van der Waals surface area contributed by atoms with Crippen molar-refractivity contribution in [2.24, 2.45) is 5.73 Å². The third-order valence-corrected chi connectivity index (χ3v) is 5.40. The molecule has 1 aromatic carbocycles. The van der Waals surface area contributed by atoms with Crippen LogP contribution in [0.25, 0.3) is 0 Å². The molecule has 4 nitrogen and oxygen atoms in total. The Labute approximate surface area is 127 Å². The highest BCUT2D eigenvalue weighted by Crippen LogP contribution is 2.20. The van der Waals surface area contributed by atoms with Crippen molar-refractivity contribution in [2.75, 3.05) is 0 Å². The second kappa shape index (κ2) is 6.89. The van der Waals surface area contributed by atoms with Gasteiger partial charge in [-0.3, -0.25) is 0 Å². The quantitative estimate of drug-likeness (QED) is 0.898. The summed E-state index contributed by atoms with van der Waals surface area (Å²) in [4.78, 5) is 0.352. The van der Waals surface area contributed by atoms with E-state index in [4.69, 9.17) is 5.73 Å². The van der Waals surface area contributed by atoms with Crippen LogP contribution < -0.4 is 10.5 Å². The molecule has 0 amide bonds.